The Morgan fingerprint density at radius 1 is 0.892 bits per heavy atom. The lowest BCUT2D eigenvalue weighted by Crippen LogP contribution is -2.52. The number of nitrogens with zero attached hydrogens (tertiary/aromatic N) is 4. The molecule has 7 nitrogen and oxygen atoms in total. The number of nitrogens with one attached hydrogen (secondary N) is 1. The molecule has 190 valence electrons. The molecule has 3 saturated heterocycles. The third-order valence-electron chi connectivity index (χ3n) is 8.20. The van der Waals surface area contributed by atoms with Gasteiger partial charge in [0, 0.05) is 55.8 Å². The van der Waals surface area contributed by atoms with Gasteiger partial charge >= 0.3 is 0 Å². The molecule has 0 saturated carbocycles. The molecule has 4 heterocycles. The summed E-state index contributed by atoms with van der Waals surface area (Å²) in [6, 6.07) is 15.6. The first kappa shape index (κ1) is 22.7. The Morgan fingerprint density at radius 2 is 1.68 bits per heavy atom. The summed E-state index contributed by atoms with van der Waals surface area (Å²) in [5.41, 5.74) is 1.36. The topological polar surface area (TPSA) is 84.8 Å². The third-order valence-corrected chi connectivity index (χ3v) is 8.20. The van der Waals surface area contributed by atoms with E-state index < -0.39 is 5.82 Å². The second-order valence-corrected chi connectivity index (χ2v) is 10.7. The lowest BCUT2D eigenvalue weighted by Gasteiger charge is -2.40. The average Bonchev–Trinajstić information content (AvgIpc) is 3.22. The molecule has 1 aromatic heterocycles. The van der Waals surface area contributed by atoms with Gasteiger partial charge < -0.3 is 25.3 Å². The minimum atomic E-state index is -0.399. The average molecular weight is 500 g/mol. The fourth-order valence-electron chi connectivity index (χ4n) is 6.31. The number of fused-ring (bicyclic) bond motifs is 4. The molecule has 3 aliphatic heterocycles. The van der Waals surface area contributed by atoms with Crippen LogP contribution in [0.1, 0.15) is 19.3 Å². The Morgan fingerprint density at radius 3 is 2.46 bits per heavy atom. The van der Waals surface area contributed by atoms with E-state index in [1.54, 1.807) is 18.2 Å². The molecule has 8 heteroatoms. The minimum absolute atomic E-state index is 0.101. The molecule has 3 fully saturated rings. The second kappa shape index (κ2) is 8.82. The van der Waals surface area contributed by atoms with E-state index in [-0.39, 0.29) is 12.4 Å². The van der Waals surface area contributed by atoms with Gasteiger partial charge in [0.1, 0.15) is 17.1 Å². The van der Waals surface area contributed by atoms with Crippen molar-refractivity contribution in [2.75, 3.05) is 42.6 Å². The molecular weight excluding hydrogens is 469 g/mol. The smallest absolute Gasteiger partial charge is 0.228 e. The molecule has 0 spiro atoms. The Kier molecular flexibility index (Phi) is 5.41. The van der Waals surface area contributed by atoms with Gasteiger partial charge in [-0.15, -0.1) is 0 Å². The van der Waals surface area contributed by atoms with Gasteiger partial charge in [0.25, 0.3) is 0 Å². The van der Waals surface area contributed by atoms with E-state index in [4.69, 9.17) is 9.97 Å². The van der Waals surface area contributed by atoms with E-state index in [0.29, 0.717) is 46.0 Å². The molecule has 0 unspecified atom stereocenters. The molecular formula is C29H30FN5O2. The molecule has 0 radical (unpaired) electrons. The van der Waals surface area contributed by atoms with E-state index in [2.05, 4.69) is 15.1 Å². The summed E-state index contributed by atoms with van der Waals surface area (Å²) < 4.78 is 16.4. The predicted molar refractivity (Wildman–Crippen MR) is 144 cm³/mol. The first-order valence-electron chi connectivity index (χ1n) is 13.2. The van der Waals surface area contributed by atoms with E-state index in [0.717, 1.165) is 62.0 Å². The largest absolute Gasteiger partial charge is 0.508 e. The van der Waals surface area contributed by atoms with Crippen LogP contribution in [0.15, 0.2) is 48.5 Å². The molecule has 3 N–H and O–H groups in total. The number of phenols is 1. The lowest BCUT2D eigenvalue weighted by molar-refractivity contribution is 0.238. The molecule has 3 aliphatic rings. The number of aliphatic hydroxyl groups is 1. The van der Waals surface area contributed by atoms with Crippen LogP contribution in [0.3, 0.4) is 0 Å². The Bertz CT molecular complexity index is 1490. The first-order chi connectivity index (χ1) is 18.1. The maximum Gasteiger partial charge on any atom is 0.228 e. The Labute approximate surface area is 214 Å². The molecule has 7 rings (SSSR count). The number of anilines is 2. The van der Waals surface area contributed by atoms with Crippen LogP contribution in [0, 0.1) is 11.7 Å². The molecule has 2 bridgehead atoms. The third kappa shape index (κ3) is 3.86. The molecule has 37 heavy (non-hydrogen) atoms. The fraction of sp³-hybridized carbons (Fsp3) is 0.379. The summed E-state index contributed by atoms with van der Waals surface area (Å²) >= 11 is 0. The van der Waals surface area contributed by atoms with Crippen LogP contribution in [0.2, 0.25) is 0 Å². The van der Waals surface area contributed by atoms with Gasteiger partial charge in [-0.3, -0.25) is 0 Å². The SMILES string of the molecule is OCCC1CN(c2nc(N3C[C@H]4CC[C@@H](C3)N4)c3ccc(-c4cc(O)cc5ccccc45)c(F)c3n2)C1. The molecule has 2 atom stereocenters. The summed E-state index contributed by atoms with van der Waals surface area (Å²) in [6.07, 6.45) is 3.05. The van der Waals surface area contributed by atoms with Gasteiger partial charge in [-0.25, -0.2) is 9.37 Å². The van der Waals surface area contributed by atoms with Crippen molar-refractivity contribution in [1.82, 2.24) is 15.3 Å². The predicted octanol–water partition coefficient (Wildman–Crippen LogP) is 4.05. The minimum Gasteiger partial charge on any atom is -0.508 e. The number of aliphatic hydroxyl groups excluding tert-OH is 1. The van der Waals surface area contributed by atoms with Crippen molar-refractivity contribution in [3.05, 3.63) is 54.3 Å². The zero-order chi connectivity index (χ0) is 25.1. The zero-order valence-corrected chi connectivity index (χ0v) is 20.6. The van der Waals surface area contributed by atoms with Crippen molar-refractivity contribution < 1.29 is 14.6 Å². The molecule has 3 aromatic carbocycles. The summed E-state index contributed by atoms with van der Waals surface area (Å²) in [4.78, 5) is 14.1. The first-order valence-corrected chi connectivity index (χ1v) is 13.2. The molecule has 0 amide bonds. The van der Waals surface area contributed by atoms with E-state index in [9.17, 15) is 10.2 Å². The highest BCUT2D eigenvalue weighted by Crippen LogP contribution is 2.39. The van der Waals surface area contributed by atoms with Crippen LogP contribution in [-0.2, 0) is 0 Å². The van der Waals surface area contributed by atoms with Crippen molar-refractivity contribution in [2.24, 2.45) is 5.92 Å². The monoisotopic (exact) mass is 499 g/mol. The zero-order valence-electron chi connectivity index (χ0n) is 20.6. The summed E-state index contributed by atoms with van der Waals surface area (Å²) in [5, 5.41) is 25.8. The Balaban J connectivity index is 1.38. The van der Waals surface area contributed by atoms with Crippen LogP contribution >= 0.6 is 0 Å². The fourth-order valence-corrected chi connectivity index (χ4v) is 6.31. The van der Waals surface area contributed by atoms with E-state index >= 15 is 4.39 Å². The van der Waals surface area contributed by atoms with Gasteiger partial charge in [-0.2, -0.15) is 4.98 Å². The van der Waals surface area contributed by atoms with E-state index in [1.807, 2.05) is 30.3 Å². The normalized spacial score (nSPS) is 21.7. The van der Waals surface area contributed by atoms with Crippen molar-refractivity contribution in [1.29, 1.82) is 0 Å². The van der Waals surface area contributed by atoms with E-state index in [1.165, 1.54) is 0 Å². The van der Waals surface area contributed by atoms with Gasteiger partial charge in [0.05, 0.1) is 0 Å². The standard InChI is InChI=1S/C29H30FN5O2/c30-26-23(25-12-21(37)11-18-3-1-2-4-22(18)25)7-8-24-27(26)32-29(35-13-17(14-35)9-10-36)33-28(24)34-15-19-5-6-20(16-34)31-19/h1-4,7-8,11-12,17,19-20,31,36-37H,5-6,9-10,13-16H2/t19-,20+. The number of piperazine rings is 1. The highest BCUT2D eigenvalue weighted by atomic mass is 19.1. The van der Waals surface area contributed by atoms with Crippen molar-refractivity contribution >= 4 is 33.4 Å². The maximum atomic E-state index is 16.4. The van der Waals surface area contributed by atoms with Crippen LogP contribution in [0.5, 0.6) is 5.75 Å². The lowest BCUT2D eigenvalue weighted by atomic mass is 9.96. The Hall–Kier alpha value is -3.49. The highest BCUT2D eigenvalue weighted by Gasteiger charge is 2.35. The van der Waals surface area contributed by atoms with Gasteiger partial charge in [0.15, 0.2) is 5.82 Å². The van der Waals surface area contributed by atoms with Crippen LogP contribution in [-0.4, -0.2) is 65.1 Å². The van der Waals surface area contributed by atoms with Crippen molar-refractivity contribution in [3.63, 3.8) is 0 Å². The molecule has 0 aliphatic carbocycles. The maximum absolute atomic E-state index is 16.4. The number of hydrogen-bond donors (Lipinski definition) is 3. The van der Waals surface area contributed by atoms with Crippen molar-refractivity contribution in [3.8, 4) is 16.9 Å². The van der Waals surface area contributed by atoms with Gasteiger partial charge in [-0.1, -0.05) is 30.3 Å². The number of rotatable bonds is 5. The highest BCUT2D eigenvalue weighted by molar-refractivity contribution is 6.01. The summed E-state index contributed by atoms with van der Waals surface area (Å²) in [5.74, 6) is 1.43. The van der Waals surface area contributed by atoms with Crippen LogP contribution in [0.4, 0.5) is 16.2 Å². The number of aromatic nitrogens is 2. The number of hydrogen-bond acceptors (Lipinski definition) is 7. The van der Waals surface area contributed by atoms with Gasteiger partial charge in [0.2, 0.25) is 5.95 Å². The molecule has 4 aromatic rings. The quantitative estimate of drug-likeness (QED) is 0.382. The second-order valence-electron chi connectivity index (χ2n) is 10.7. The number of halogens is 1. The van der Waals surface area contributed by atoms with Crippen LogP contribution < -0.4 is 15.1 Å². The van der Waals surface area contributed by atoms with Crippen LogP contribution in [0.25, 0.3) is 32.8 Å². The number of aromatic hydroxyl groups is 1. The van der Waals surface area contributed by atoms with Gasteiger partial charge in [-0.05, 0) is 59.7 Å². The summed E-state index contributed by atoms with van der Waals surface area (Å²) in [6.45, 7) is 3.38. The number of benzene rings is 3. The van der Waals surface area contributed by atoms with Crippen molar-refractivity contribution in [2.45, 2.75) is 31.3 Å². The summed E-state index contributed by atoms with van der Waals surface area (Å²) in [7, 11) is 0. The number of phenolic OH excluding ortho intramolecular Hbond substituents is 1.